The molecule has 0 aliphatic heterocycles. The van der Waals surface area contributed by atoms with E-state index in [2.05, 4.69) is 16.0 Å². The Hall–Kier alpha value is -4.43. The summed E-state index contributed by atoms with van der Waals surface area (Å²) in [5.41, 5.74) is 3.79. The van der Waals surface area contributed by atoms with Crippen LogP contribution in [0.25, 0.3) is 10.9 Å². The minimum absolute atomic E-state index is 0.00861. The van der Waals surface area contributed by atoms with Gasteiger partial charge >= 0.3 is 6.16 Å². The topological polar surface area (TPSA) is 95.5 Å². The Balaban J connectivity index is 1.52. The lowest BCUT2D eigenvalue weighted by Gasteiger charge is -2.31. The molecule has 5 rings (SSSR count). The normalized spacial score (nSPS) is 11.8. The second-order valence-corrected chi connectivity index (χ2v) is 9.46. The van der Waals surface area contributed by atoms with E-state index in [0.717, 1.165) is 22.0 Å². The highest BCUT2D eigenvalue weighted by Gasteiger charge is 2.29. The summed E-state index contributed by atoms with van der Waals surface area (Å²) in [6.07, 6.45) is 1.72. The summed E-state index contributed by atoms with van der Waals surface area (Å²) in [4.78, 5) is 34.6. The molecule has 2 N–H and O–H groups in total. The molecule has 0 fully saturated rings. The number of rotatable bonds is 9. The number of carbonyl (C=O) groups excluding carboxylic acids is 1. The average Bonchev–Trinajstić information content (AvgIpc) is 3.56. The monoisotopic (exact) mass is 511 g/mol. The first-order chi connectivity index (χ1) is 18.1. The van der Waals surface area contributed by atoms with Crippen LogP contribution < -0.4 is 4.74 Å². The fourth-order valence-electron chi connectivity index (χ4n) is 4.45. The van der Waals surface area contributed by atoms with Crippen LogP contribution in [0.1, 0.15) is 32.5 Å². The Morgan fingerprint density at radius 1 is 0.973 bits per heavy atom. The van der Waals surface area contributed by atoms with E-state index in [9.17, 15) is 9.59 Å². The molecule has 0 aliphatic carbocycles. The number of para-hydroxylation sites is 1. The van der Waals surface area contributed by atoms with Gasteiger partial charge in [-0.05, 0) is 42.2 Å². The van der Waals surface area contributed by atoms with Crippen molar-refractivity contribution in [1.82, 2.24) is 14.9 Å². The van der Waals surface area contributed by atoms with Gasteiger partial charge in [0.2, 0.25) is 5.88 Å². The van der Waals surface area contributed by atoms with Gasteiger partial charge in [-0.3, -0.25) is 4.79 Å². The van der Waals surface area contributed by atoms with Crippen molar-refractivity contribution in [1.29, 1.82) is 0 Å². The standard InChI is InChI=1S/C29H25N3O4S/c33-28(21-11-5-2-6-12-21)32(16-15-22-18-30-24-14-8-7-13-23(22)24)25(17-20-9-3-1-4-10-20)27-31-26(19-37-27)36-29(34)35/h1-14,18-19,25,30H,15-17H2,(H,34,35). The molecule has 1 atom stereocenters. The lowest BCUT2D eigenvalue weighted by molar-refractivity contribution is 0.0675. The van der Waals surface area contributed by atoms with Gasteiger partial charge in [0.15, 0.2) is 0 Å². The summed E-state index contributed by atoms with van der Waals surface area (Å²) in [7, 11) is 0. The first-order valence-electron chi connectivity index (χ1n) is 11.9. The summed E-state index contributed by atoms with van der Waals surface area (Å²) < 4.78 is 4.80. The van der Waals surface area contributed by atoms with Gasteiger partial charge in [-0.25, -0.2) is 9.78 Å². The zero-order valence-corrected chi connectivity index (χ0v) is 20.7. The highest BCUT2D eigenvalue weighted by atomic mass is 32.1. The quantitative estimate of drug-likeness (QED) is 0.225. The van der Waals surface area contributed by atoms with Crippen molar-refractivity contribution < 1.29 is 19.4 Å². The van der Waals surface area contributed by atoms with Crippen molar-refractivity contribution in [3.8, 4) is 5.88 Å². The lowest BCUT2D eigenvalue weighted by Crippen LogP contribution is -2.37. The zero-order chi connectivity index (χ0) is 25.6. The van der Waals surface area contributed by atoms with Crippen molar-refractivity contribution in [3.63, 3.8) is 0 Å². The summed E-state index contributed by atoms with van der Waals surface area (Å²) in [5.74, 6) is -0.105. The van der Waals surface area contributed by atoms with Crippen LogP contribution in [0.4, 0.5) is 4.79 Å². The van der Waals surface area contributed by atoms with Crippen LogP contribution in [0.5, 0.6) is 5.88 Å². The number of aromatic amines is 1. The third-order valence-corrected chi connectivity index (χ3v) is 7.13. The highest BCUT2D eigenvalue weighted by molar-refractivity contribution is 7.09. The molecule has 1 unspecified atom stereocenters. The van der Waals surface area contributed by atoms with E-state index in [1.54, 1.807) is 17.5 Å². The molecule has 3 aromatic carbocycles. The number of hydrogen-bond acceptors (Lipinski definition) is 5. The first-order valence-corrected chi connectivity index (χ1v) is 12.8. The molecule has 2 aromatic heterocycles. The first kappa shape index (κ1) is 24.3. The van der Waals surface area contributed by atoms with Gasteiger partial charge in [0.1, 0.15) is 5.01 Å². The SMILES string of the molecule is O=C(O)Oc1csc(C(Cc2ccccc2)N(CCc2c[nH]c3ccccc23)C(=O)c2ccccc2)n1. The Labute approximate surface area is 218 Å². The second-order valence-electron chi connectivity index (χ2n) is 8.57. The number of nitrogens with zero attached hydrogens (tertiary/aromatic N) is 2. The maximum absolute atomic E-state index is 13.9. The van der Waals surface area contributed by atoms with E-state index >= 15 is 0 Å². The lowest BCUT2D eigenvalue weighted by atomic mass is 10.0. The molecule has 0 aliphatic rings. The number of benzene rings is 3. The van der Waals surface area contributed by atoms with Gasteiger partial charge in [0.05, 0.1) is 11.4 Å². The van der Waals surface area contributed by atoms with Crippen LogP contribution in [0, 0.1) is 0 Å². The Kier molecular flexibility index (Phi) is 7.28. The highest BCUT2D eigenvalue weighted by Crippen LogP contribution is 2.32. The van der Waals surface area contributed by atoms with Gasteiger partial charge in [0, 0.05) is 29.2 Å². The number of amides is 1. The molecule has 0 saturated carbocycles. The molecule has 8 heteroatoms. The summed E-state index contributed by atoms with van der Waals surface area (Å²) in [6, 6.07) is 26.8. The Morgan fingerprint density at radius 2 is 1.68 bits per heavy atom. The van der Waals surface area contributed by atoms with Crippen molar-refractivity contribution >= 4 is 34.3 Å². The number of aromatic nitrogens is 2. The number of thiazole rings is 1. The van der Waals surface area contributed by atoms with E-state index in [0.29, 0.717) is 30.0 Å². The minimum atomic E-state index is -1.42. The molecular weight excluding hydrogens is 486 g/mol. The van der Waals surface area contributed by atoms with Crippen LogP contribution in [-0.4, -0.2) is 38.6 Å². The summed E-state index contributed by atoms with van der Waals surface area (Å²) in [5, 5.41) is 12.3. The molecule has 37 heavy (non-hydrogen) atoms. The molecule has 7 nitrogen and oxygen atoms in total. The largest absolute Gasteiger partial charge is 0.512 e. The number of hydrogen-bond donors (Lipinski definition) is 2. The molecule has 0 radical (unpaired) electrons. The van der Waals surface area contributed by atoms with Gasteiger partial charge in [-0.15, -0.1) is 11.3 Å². The van der Waals surface area contributed by atoms with E-state index in [1.165, 1.54) is 11.3 Å². The van der Waals surface area contributed by atoms with Gasteiger partial charge in [-0.2, -0.15) is 0 Å². The van der Waals surface area contributed by atoms with Crippen LogP contribution >= 0.6 is 11.3 Å². The second kappa shape index (κ2) is 11.1. The van der Waals surface area contributed by atoms with E-state index in [1.807, 2.05) is 77.8 Å². The van der Waals surface area contributed by atoms with Crippen LogP contribution in [0.3, 0.4) is 0 Å². The van der Waals surface area contributed by atoms with Gasteiger partial charge in [-0.1, -0.05) is 66.7 Å². The van der Waals surface area contributed by atoms with Gasteiger partial charge < -0.3 is 19.7 Å². The summed E-state index contributed by atoms with van der Waals surface area (Å²) >= 11 is 1.29. The maximum Gasteiger partial charge on any atom is 0.512 e. The van der Waals surface area contributed by atoms with Crippen LogP contribution in [0.2, 0.25) is 0 Å². The molecular formula is C29H25N3O4S. The average molecular weight is 512 g/mol. The van der Waals surface area contributed by atoms with Crippen LogP contribution in [-0.2, 0) is 12.8 Å². The fraction of sp³-hybridized carbons (Fsp3) is 0.138. The van der Waals surface area contributed by atoms with Gasteiger partial charge in [0.25, 0.3) is 5.91 Å². The number of carbonyl (C=O) groups is 2. The van der Waals surface area contributed by atoms with E-state index in [-0.39, 0.29) is 11.8 Å². The summed E-state index contributed by atoms with van der Waals surface area (Å²) in [6.45, 7) is 0.446. The molecule has 2 heterocycles. The van der Waals surface area contributed by atoms with Crippen molar-refractivity contribution in [3.05, 3.63) is 118 Å². The molecule has 0 spiro atoms. The van der Waals surface area contributed by atoms with E-state index < -0.39 is 12.2 Å². The maximum atomic E-state index is 13.9. The van der Waals surface area contributed by atoms with Crippen molar-refractivity contribution in [2.75, 3.05) is 6.54 Å². The van der Waals surface area contributed by atoms with Crippen molar-refractivity contribution in [2.45, 2.75) is 18.9 Å². The number of fused-ring (bicyclic) bond motifs is 1. The number of nitrogens with one attached hydrogen (secondary N) is 1. The smallest absolute Gasteiger partial charge is 0.449 e. The number of H-pyrrole nitrogens is 1. The minimum Gasteiger partial charge on any atom is -0.449 e. The molecule has 1 amide bonds. The van der Waals surface area contributed by atoms with E-state index in [4.69, 9.17) is 9.84 Å². The van der Waals surface area contributed by atoms with Crippen LogP contribution in [0.15, 0.2) is 96.5 Å². The number of ether oxygens (including phenoxy) is 1. The molecule has 0 bridgehead atoms. The van der Waals surface area contributed by atoms with Crippen molar-refractivity contribution in [2.24, 2.45) is 0 Å². The third kappa shape index (κ3) is 5.70. The molecule has 5 aromatic rings. The molecule has 0 saturated heterocycles. The zero-order valence-electron chi connectivity index (χ0n) is 19.9. The Morgan fingerprint density at radius 3 is 2.43 bits per heavy atom. The third-order valence-electron chi connectivity index (χ3n) is 6.20. The predicted octanol–water partition coefficient (Wildman–Crippen LogP) is 6.35. The predicted molar refractivity (Wildman–Crippen MR) is 143 cm³/mol. The Bertz CT molecular complexity index is 1500. The fourth-order valence-corrected chi connectivity index (χ4v) is 5.29. The number of carboxylic acid groups (broad SMARTS) is 1. The molecule has 186 valence electrons.